The third-order valence-corrected chi connectivity index (χ3v) is 7.36. The summed E-state index contributed by atoms with van der Waals surface area (Å²) in [7, 11) is -4.01. The lowest BCUT2D eigenvalue weighted by Gasteiger charge is -2.25. The zero-order valence-electron chi connectivity index (χ0n) is 17.3. The Morgan fingerprint density at radius 3 is 2.28 bits per heavy atom. The summed E-state index contributed by atoms with van der Waals surface area (Å²) >= 11 is 0. The van der Waals surface area contributed by atoms with E-state index in [2.05, 4.69) is 10.5 Å². The predicted octanol–water partition coefficient (Wildman–Crippen LogP) is 3.63. The van der Waals surface area contributed by atoms with Gasteiger partial charge in [0.15, 0.2) is 10.7 Å². The van der Waals surface area contributed by atoms with E-state index in [4.69, 9.17) is 4.52 Å². The van der Waals surface area contributed by atoms with Gasteiger partial charge in [-0.3, -0.25) is 9.10 Å². The van der Waals surface area contributed by atoms with E-state index in [1.807, 2.05) is 19.1 Å². The fourth-order valence-electron chi connectivity index (χ4n) is 3.81. The van der Waals surface area contributed by atoms with Gasteiger partial charge in [-0.05, 0) is 45.7 Å². The minimum atomic E-state index is -4.01. The molecule has 0 atom stereocenters. The summed E-state index contributed by atoms with van der Waals surface area (Å²) in [4.78, 5) is 12.8. The highest BCUT2D eigenvalue weighted by Gasteiger charge is 2.33. The predicted molar refractivity (Wildman–Crippen MR) is 111 cm³/mol. The molecule has 0 saturated heterocycles. The van der Waals surface area contributed by atoms with Crippen molar-refractivity contribution in [2.24, 2.45) is 0 Å². The Morgan fingerprint density at radius 1 is 1.10 bits per heavy atom. The van der Waals surface area contributed by atoms with Crippen molar-refractivity contribution in [2.45, 2.75) is 70.2 Å². The van der Waals surface area contributed by atoms with Crippen molar-refractivity contribution in [3.05, 3.63) is 41.3 Å². The number of aryl methyl sites for hydroxylation is 3. The number of aromatic nitrogens is 1. The SMILES string of the molecule is Cc1ccc(N(CC(=O)NC2CCCCCC2)S(=O)(=O)c2c(C)noc2C)cc1. The number of hydrogen-bond donors (Lipinski definition) is 1. The molecule has 0 bridgehead atoms. The second kappa shape index (κ2) is 8.98. The fourth-order valence-corrected chi connectivity index (χ4v) is 5.52. The van der Waals surface area contributed by atoms with Crippen LogP contribution in [0.4, 0.5) is 5.69 Å². The third-order valence-electron chi connectivity index (χ3n) is 5.35. The maximum absolute atomic E-state index is 13.4. The molecule has 0 spiro atoms. The molecule has 0 unspecified atom stereocenters. The van der Waals surface area contributed by atoms with Crippen molar-refractivity contribution in [2.75, 3.05) is 10.8 Å². The summed E-state index contributed by atoms with van der Waals surface area (Å²) in [5.41, 5.74) is 1.72. The molecule has 0 radical (unpaired) electrons. The number of benzene rings is 1. The fraction of sp³-hybridized carbons (Fsp3) is 0.524. The molecule has 1 aliphatic carbocycles. The van der Waals surface area contributed by atoms with Crippen LogP contribution in [0.2, 0.25) is 0 Å². The smallest absolute Gasteiger partial charge is 0.270 e. The summed E-state index contributed by atoms with van der Waals surface area (Å²) in [6.07, 6.45) is 6.42. The van der Waals surface area contributed by atoms with Gasteiger partial charge in [0.2, 0.25) is 5.91 Å². The van der Waals surface area contributed by atoms with Crippen LogP contribution in [0.15, 0.2) is 33.7 Å². The molecule has 29 heavy (non-hydrogen) atoms. The maximum Gasteiger partial charge on any atom is 0.270 e. The number of nitrogens with zero attached hydrogens (tertiary/aromatic N) is 2. The summed E-state index contributed by atoms with van der Waals surface area (Å²) in [5.74, 6) is -0.0865. The zero-order valence-corrected chi connectivity index (χ0v) is 18.1. The van der Waals surface area contributed by atoms with E-state index < -0.39 is 10.0 Å². The molecule has 1 N–H and O–H groups in total. The molecule has 1 aromatic carbocycles. The average molecular weight is 420 g/mol. The number of amides is 1. The van der Waals surface area contributed by atoms with Crippen molar-refractivity contribution in [1.29, 1.82) is 0 Å². The largest absolute Gasteiger partial charge is 0.360 e. The number of sulfonamides is 1. The Kier molecular flexibility index (Phi) is 6.62. The van der Waals surface area contributed by atoms with Crippen LogP contribution in [-0.4, -0.2) is 32.1 Å². The molecule has 7 nitrogen and oxygen atoms in total. The maximum atomic E-state index is 13.4. The normalized spacial score (nSPS) is 15.7. The molecular formula is C21H29N3O4S. The van der Waals surface area contributed by atoms with Crippen LogP contribution in [0.1, 0.15) is 55.5 Å². The van der Waals surface area contributed by atoms with Crippen LogP contribution < -0.4 is 9.62 Å². The molecular weight excluding hydrogens is 390 g/mol. The van der Waals surface area contributed by atoms with E-state index in [1.54, 1.807) is 26.0 Å². The molecule has 158 valence electrons. The lowest BCUT2D eigenvalue weighted by atomic mass is 10.1. The average Bonchev–Trinajstić information content (AvgIpc) is 2.85. The van der Waals surface area contributed by atoms with E-state index >= 15 is 0 Å². The van der Waals surface area contributed by atoms with Gasteiger partial charge in [0.05, 0.1) is 5.69 Å². The first-order chi connectivity index (χ1) is 13.8. The van der Waals surface area contributed by atoms with Crippen LogP contribution >= 0.6 is 0 Å². The van der Waals surface area contributed by atoms with Gasteiger partial charge in [0, 0.05) is 6.04 Å². The number of rotatable bonds is 6. The summed E-state index contributed by atoms with van der Waals surface area (Å²) in [6.45, 7) is 4.79. The van der Waals surface area contributed by atoms with Crippen molar-refractivity contribution in [3.63, 3.8) is 0 Å². The number of nitrogens with one attached hydrogen (secondary N) is 1. The summed E-state index contributed by atoms with van der Waals surface area (Å²) < 4.78 is 33.1. The van der Waals surface area contributed by atoms with Crippen molar-refractivity contribution < 1.29 is 17.7 Å². The van der Waals surface area contributed by atoms with Gasteiger partial charge in [-0.1, -0.05) is 48.5 Å². The van der Waals surface area contributed by atoms with Gasteiger partial charge in [-0.2, -0.15) is 0 Å². The number of anilines is 1. The Hall–Kier alpha value is -2.35. The molecule has 8 heteroatoms. The van der Waals surface area contributed by atoms with Gasteiger partial charge < -0.3 is 9.84 Å². The van der Waals surface area contributed by atoms with Gasteiger partial charge in [0.1, 0.15) is 12.2 Å². The second-order valence-corrected chi connectivity index (χ2v) is 9.56. The van der Waals surface area contributed by atoms with E-state index in [9.17, 15) is 13.2 Å². The first-order valence-electron chi connectivity index (χ1n) is 10.1. The minimum absolute atomic E-state index is 0.0142. The zero-order chi connectivity index (χ0) is 21.0. The molecule has 1 saturated carbocycles. The molecule has 1 fully saturated rings. The van der Waals surface area contributed by atoms with Crippen LogP contribution in [0.25, 0.3) is 0 Å². The Labute approximate surface area is 172 Å². The third kappa shape index (κ3) is 4.98. The van der Waals surface area contributed by atoms with E-state index in [1.165, 1.54) is 12.8 Å². The van der Waals surface area contributed by atoms with Crippen molar-refractivity contribution in [3.8, 4) is 0 Å². The quantitative estimate of drug-likeness (QED) is 0.722. The highest BCUT2D eigenvalue weighted by Crippen LogP contribution is 2.28. The van der Waals surface area contributed by atoms with E-state index in [-0.39, 0.29) is 34.8 Å². The Balaban J connectivity index is 1.89. The summed E-state index contributed by atoms with van der Waals surface area (Å²) in [5, 5.41) is 6.81. The first kappa shape index (κ1) is 21.4. The number of hydrogen-bond acceptors (Lipinski definition) is 5. The highest BCUT2D eigenvalue weighted by atomic mass is 32.2. The molecule has 1 amide bonds. The molecule has 1 aliphatic rings. The summed E-state index contributed by atoms with van der Waals surface area (Å²) in [6, 6.07) is 7.18. The molecule has 0 aliphatic heterocycles. The van der Waals surface area contributed by atoms with Gasteiger partial charge in [-0.15, -0.1) is 0 Å². The number of carbonyl (C=O) groups is 1. The standard InChI is InChI=1S/C21H29N3O4S/c1-15-10-12-19(13-11-15)24(29(26,27)21-16(2)23-28-17(21)3)14-20(25)22-18-8-6-4-5-7-9-18/h10-13,18H,4-9,14H2,1-3H3,(H,22,25). The van der Waals surface area contributed by atoms with Crippen LogP contribution in [0, 0.1) is 20.8 Å². The minimum Gasteiger partial charge on any atom is -0.360 e. The molecule has 2 aromatic rings. The van der Waals surface area contributed by atoms with Crippen molar-refractivity contribution >= 4 is 21.6 Å². The van der Waals surface area contributed by atoms with E-state index in [0.29, 0.717) is 5.69 Å². The van der Waals surface area contributed by atoms with Gasteiger partial charge >= 0.3 is 0 Å². The Morgan fingerprint density at radius 2 is 1.72 bits per heavy atom. The lowest BCUT2D eigenvalue weighted by Crippen LogP contribution is -2.44. The van der Waals surface area contributed by atoms with Gasteiger partial charge in [0.25, 0.3) is 10.0 Å². The highest BCUT2D eigenvalue weighted by molar-refractivity contribution is 7.93. The van der Waals surface area contributed by atoms with E-state index in [0.717, 1.165) is 35.6 Å². The first-order valence-corrected chi connectivity index (χ1v) is 11.5. The Bertz CT molecular complexity index is 923. The topological polar surface area (TPSA) is 92.5 Å². The molecule has 1 heterocycles. The monoisotopic (exact) mass is 419 g/mol. The molecule has 1 aromatic heterocycles. The van der Waals surface area contributed by atoms with Crippen LogP contribution in [-0.2, 0) is 14.8 Å². The molecule has 3 rings (SSSR count). The second-order valence-electron chi connectivity index (χ2n) is 7.76. The van der Waals surface area contributed by atoms with Crippen LogP contribution in [0.5, 0.6) is 0 Å². The lowest BCUT2D eigenvalue weighted by molar-refractivity contribution is -0.120. The number of carbonyl (C=O) groups excluding carboxylic acids is 1. The van der Waals surface area contributed by atoms with Crippen LogP contribution in [0.3, 0.4) is 0 Å². The van der Waals surface area contributed by atoms with Crippen molar-refractivity contribution in [1.82, 2.24) is 10.5 Å². The van der Waals surface area contributed by atoms with Gasteiger partial charge in [-0.25, -0.2) is 8.42 Å².